The highest BCUT2D eigenvalue weighted by atomic mass is 17.2. The van der Waals surface area contributed by atoms with Gasteiger partial charge in [-0.25, -0.2) is 14.6 Å². The number of hydrogen-bond donors (Lipinski definition) is 2. The summed E-state index contributed by atoms with van der Waals surface area (Å²) >= 11 is 0. The van der Waals surface area contributed by atoms with Crippen molar-refractivity contribution in [2.45, 2.75) is 38.7 Å². The zero-order valence-corrected chi connectivity index (χ0v) is 10.2. The third-order valence-electron chi connectivity index (χ3n) is 2.33. The smallest absolute Gasteiger partial charge is 0.407 e. The van der Waals surface area contributed by atoms with Gasteiger partial charge in [-0.2, -0.15) is 0 Å². The van der Waals surface area contributed by atoms with Gasteiger partial charge in [0.15, 0.2) is 12.4 Å². The molecule has 1 amide bonds. The minimum atomic E-state index is -0.449. The van der Waals surface area contributed by atoms with Crippen molar-refractivity contribution in [1.29, 1.82) is 0 Å². The Labute approximate surface area is 100 Å². The van der Waals surface area contributed by atoms with Crippen LogP contribution in [0.1, 0.15) is 20.3 Å². The highest BCUT2D eigenvalue weighted by Gasteiger charge is 2.33. The summed E-state index contributed by atoms with van der Waals surface area (Å²) in [6.45, 7) is 4.75. The van der Waals surface area contributed by atoms with Gasteiger partial charge in [-0.15, -0.1) is 0 Å². The minimum absolute atomic E-state index is 0.126. The molecule has 0 aromatic rings. The summed E-state index contributed by atoms with van der Waals surface area (Å²) < 4.78 is 10.1. The van der Waals surface area contributed by atoms with Crippen molar-refractivity contribution in [3.63, 3.8) is 0 Å². The molecular formula is C10H20N2O5. The number of nitrogens with two attached hydrogens (primary N) is 1. The zero-order chi connectivity index (χ0) is 12.7. The molecule has 7 heteroatoms. The third-order valence-corrected chi connectivity index (χ3v) is 2.33. The Hall–Kier alpha value is -0.890. The number of amides is 1. The number of carbonyl (C=O) groups excluding carboxylic acids is 1. The number of carbonyl (C=O) groups is 1. The monoisotopic (exact) mass is 248 g/mol. The van der Waals surface area contributed by atoms with Crippen molar-refractivity contribution in [1.82, 2.24) is 5.32 Å². The number of cyclic esters (lactones) is 1. The second-order valence-electron chi connectivity index (χ2n) is 3.68. The second-order valence-corrected chi connectivity index (χ2v) is 3.68. The number of alkyl carbamates (subject to hydrolysis) is 1. The molecule has 1 heterocycles. The summed E-state index contributed by atoms with van der Waals surface area (Å²) in [5.41, 5.74) is 5.43. The van der Waals surface area contributed by atoms with Gasteiger partial charge in [0.25, 0.3) is 0 Å². The summed E-state index contributed by atoms with van der Waals surface area (Å²) in [5.74, 6) is 0. The molecule has 1 aliphatic heterocycles. The summed E-state index contributed by atoms with van der Waals surface area (Å²) in [5, 5.41) is 2.66. The summed E-state index contributed by atoms with van der Waals surface area (Å²) in [6.07, 6.45) is -0.631. The van der Waals surface area contributed by atoms with E-state index < -0.39 is 12.4 Å². The van der Waals surface area contributed by atoms with Crippen LogP contribution in [0.2, 0.25) is 0 Å². The molecule has 0 spiro atoms. The van der Waals surface area contributed by atoms with E-state index in [9.17, 15) is 4.79 Å². The van der Waals surface area contributed by atoms with Gasteiger partial charge in [-0.1, -0.05) is 0 Å². The van der Waals surface area contributed by atoms with Crippen LogP contribution in [0.25, 0.3) is 0 Å². The SMILES string of the molecule is CCOC(C)OOC[C@H]1OC(=O)N[C@@H]1CCN. The number of nitrogens with one attached hydrogen (secondary N) is 1. The van der Waals surface area contributed by atoms with Gasteiger partial charge in [-0.3, -0.25) is 0 Å². The molecule has 0 aromatic carbocycles. The maximum Gasteiger partial charge on any atom is 0.407 e. The Morgan fingerprint density at radius 2 is 2.35 bits per heavy atom. The molecule has 0 aliphatic carbocycles. The first-order valence-corrected chi connectivity index (χ1v) is 5.74. The van der Waals surface area contributed by atoms with Crippen LogP contribution in [0.15, 0.2) is 0 Å². The van der Waals surface area contributed by atoms with Crippen LogP contribution >= 0.6 is 0 Å². The van der Waals surface area contributed by atoms with Gasteiger partial charge in [0.2, 0.25) is 0 Å². The lowest BCUT2D eigenvalue weighted by Gasteiger charge is -2.17. The van der Waals surface area contributed by atoms with Crippen LogP contribution in [0.3, 0.4) is 0 Å². The van der Waals surface area contributed by atoms with Crippen LogP contribution in [-0.2, 0) is 19.2 Å². The molecule has 1 saturated heterocycles. The Morgan fingerprint density at radius 3 is 3.00 bits per heavy atom. The van der Waals surface area contributed by atoms with Gasteiger partial charge >= 0.3 is 6.09 Å². The molecular weight excluding hydrogens is 228 g/mol. The Kier molecular flexibility index (Phi) is 6.20. The highest BCUT2D eigenvalue weighted by molar-refractivity contribution is 5.70. The average molecular weight is 248 g/mol. The van der Waals surface area contributed by atoms with E-state index in [2.05, 4.69) is 5.32 Å². The van der Waals surface area contributed by atoms with Crippen molar-refractivity contribution in [3.05, 3.63) is 0 Å². The van der Waals surface area contributed by atoms with Crippen molar-refractivity contribution < 1.29 is 24.0 Å². The zero-order valence-electron chi connectivity index (χ0n) is 10.2. The predicted octanol–water partition coefficient (Wildman–Crippen LogP) is 0.143. The van der Waals surface area contributed by atoms with Crippen LogP contribution in [0, 0.1) is 0 Å². The quantitative estimate of drug-likeness (QED) is 0.361. The molecule has 100 valence electrons. The maximum absolute atomic E-state index is 11.0. The Morgan fingerprint density at radius 1 is 1.59 bits per heavy atom. The van der Waals surface area contributed by atoms with Gasteiger partial charge in [0.05, 0.1) is 6.04 Å². The minimum Gasteiger partial charge on any atom is -0.441 e. The first-order valence-electron chi connectivity index (χ1n) is 5.74. The summed E-state index contributed by atoms with van der Waals surface area (Å²) in [4.78, 5) is 21.0. The van der Waals surface area contributed by atoms with E-state index in [1.165, 1.54) is 0 Å². The van der Waals surface area contributed by atoms with Crippen molar-refractivity contribution in [2.24, 2.45) is 5.73 Å². The van der Waals surface area contributed by atoms with E-state index in [4.69, 9.17) is 25.0 Å². The fourth-order valence-electron chi connectivity index (χ4n) is 1.55. The lowest BCUT2D eigenvalue weighted by molar-refractivity contribution is -0.378. The normalized spacial score (nSPS) is 25.5. The van der Waals surface area contributed by atoms with E-state index >= 15 is 0 Å². The molecule has 0 bridgehead atoms. The van der Waals surface area contributed by atoms with Gasteiger partial charge < -0.3 is 20.5 Å². The highest BCUT2D eigenvalue weighted by Crippen LogP contribution is 2.12. The maximum atomic E-state index is 11.0. The fraction of sp³-hybridized carbons (Fsp3) is 0.900. The molecule has 1 fully saturated rings. The van der Waals surface area contributed by atoms with E-state index in [-0.39, 0.29) is 18.8 Å². The standard InChI is InChI=1S/C10H20N2O5/c1-3-14-7(2)17-15-6-9-8(4-5-11)12-10(13)16-9/h7-9H,3-6,11H2,1-2H3,(H,12,13)/t7?,8-,9-/m1/s1. The van der Waals surface area contributed by atoms with E-state index in [0.29, 0.717) is 19.6 Å². The van der Waals surface area contributed by atoms with Gasteiger partial charge in [0, 0.05) is 6.61 Å². The van der Waals surface area contributed by atoms with Gasteiger partial charge in [-0.05, 0) is 26.8 Å². The molecule has 3 N–H and O–H groups in total. The van der Waals surface area contributed by atoms with Crippen molar-refractivity contribution in [2.75, 3.05) is 19.8 Å². The largest absolute Gasteiger partial charge is 0.441 e. The molecule has 1 rings (SSSR count). The Balaban J connectivity index is 2.22. The fourth-order valence-corrected chi connectivity index (χ4v) is 1.55. The topological polar surface area (TPSA) is 92.0 Å². The molecule has 7 nitrogen and oxygen atoms in total. The number of rotatable bonds is 8. The van der Waals surface area contributed by atoms with Crippen LogP contribution in [0.5, 0.6) is 0 Å². The first kappa shape index (κ1) is 14.2. The molecule has 1 aliphatic rings. The van der Waals surface area contributed by atoms with Crippen LogP contribution in [-0.4, -0.2) is 44.3 Å². The van der Waals surface area contributed by atoms with Crippen molar-refractivity contribution in [3.8, 4) is 0 Å². The van der Waals surface area contributed by atoms with Crippen molar-refractivity contribution >= 4 is 6.09 Å². The second kappa shape index (κ2) is 7.44. The predicted molar refractivity (Wildman–Crippen MR) is 59.0 cm³/mol. The molecule has 17 heavy (non-hydrogen) atoms. The lowest BCUT2D eigenvalue weighted by atomic mass is 10.1. The molecule has 3 atom stereocenters. The van der Waals surface area contributed by atoms with E-state index in [1.54, 1.807) is 6.92 Å². The average Bonchev–Trinajstić information content (AvgIpc) is 2.60. The molecule has 1 unspecified atom stereocenters. The Bertz CT molecular complexity index is 239. The van der Waals surface area contributed by atoms with Gasteiger partial charge in [0.1, 0.15) is 6.61 Å². The molecule has 0 radical (unpaired) electrons. The number of ether oxygens (including phenoxy) is 2. The summed E-state index contributed by atoms with van der Waals surface area (Å²) in [6, 6.07) is -0.126. The first-order chi connectivity index (χ1) is 8.17. The number of hydrogen-bond acceptors (Lipinski definition) is 6. The van der Waals surface area contributed by atoms with Crippen LogP contribution in [0.4, 0.5) is 4.79 Å². The van der Waals surface area contributed by atoms with Crippen LogP contribution < -0.4 is 11.1 Å². The lowest BCUT2D eigenvalue weighted by Crippen LogP contribution is -2.36. The summed E-state index contributed by atoms with van der Waals surface area (Å²) in [7, 11) is 0. The van der Waals surface area contributed by atoms with E-state index in [0.717, 1.165) is 0 Å². The van der Waals surface area contributed by atoms with E-state index in [1.807, 2.05) is 6.92 Å². The third kappa shape index (κ3) is 4.86. The molecule has 0 aromatic heterocycles. The molecule has 0 saturated carbocycles.